The van der Waals surface area contributed by atoms with Crippen molar-refractivity contribution in [1.29, 1.82) is 0 Å². The Morgan fingerprint density at radius 3 is 2.25 bits per heavy atom. The summed E-state index contributed by atoms with van der Waals surface area (Å²) in [7, 11) is 0. The van der Waals surface area contributed by atoms with Gasteiger partial charge in [0.05, 0.1) is 12.1 Å². The molecule has 0 radical (unpaired) electrons. The van der Waals surface area contributed by atoms with Gasteiger partial charge in [0.2, 0.25) is 5.12 Å². The predicted molar refractivity (Wildman–Crippen MR) is 138 cm³/mol. The average molecular weight is 458 g/mol. The molecule has 1 aromatic carbocycles. The molecule has 0 bridgehead atoms. The van der Waals surface area contributed by atoms with E-state index in [4.69, 9.17) is 4.74 Å². The number of ether oxygens (including phenoxy) is 1. The van der Waals surface area contributed by atoms with Crippen molar-refractivity contribution < 1.29 is 9.53 Å². The second kappa shape index (κ2) is 14.2. The van der Waals surface area contributed by atoms with Gasteiger partial charge in [-0.05, 0) is 56.9 Å². The molecule has 0 saturated carbocycles. The molecule has 176 valence electrons. The number of hydrogen-bond acceptors (Lipinski definition) is 4. The Balaban J connectivity index is 1.58. The molecule has 5 heteroatoms. The van der Waals surface area contributed by atoms with Crippen LogP contribution in [0.1, 0.15) is 77.2 Å². The van der Waals surface area contributed by atoms with E-state index in [0.29, 0.717) is 24.5 Å². The molecule has 0 fully saturated rings. The fourth-order valence-corrected chi connectivity index (χ4v) is 4.60. The van der Waals surface area contributed by atoms with Crippen LogP contribution in [0.25, 0.3) is 10.9 Å². The smallest absolute Gasteiger partial charge is 0.254 e. The molecule has 0 atom stereocenters. The first kappa shape index (κ1) is 26.2. The lowest BCUT2D eigenvalue weighted by atomic mass is 10.1. The molecule has 1 aromatic heterocycles. The molecule has 1 heterocycles. The van der Waals surface area contributed by atoms with Gasteiger partial charge in [-0.3, -0.25) is 9.59 Å². The number of thioether (sulfide) groups is 1. The molecule has 32 heavy (non-hydrogen) atoms. The van der Waals surface area contributed by atoms with Crippen LogP contribution in [0.2, 0.25) is 0 Å². The van der Waals surface area contributed by atoms with E-state index in [9.17, 15) is 9.59 Å². The number of carbonyl (C=O) groups excluding carboxylic acids is 1. The number of carbonyl (C=O) groups is 1. The van der Waals surface area contributed by atoms with Crippen LogP contribution in [0, 0.1) is 6.92 Å². The van der Waals surface area contributed by atoms with Gasteiger partial charge >= 0.3 is 0 Å². The average Bonchev–Trinajstić information content (AvgIpc) is 2.76. The van der Waals surface area contributed by atoms with Crippen LogP contribution >= 0.6 is 11.8 Å². The Morgan fingerprint density at radius 1 is 1.00 bits per heavy atom. The number of nitrogens with zero attached hydrogens (tertiary/aromatic N) is 1. The number of hydrogen-bond donors (Lipinski definition) is 0. The standard InChI is InChI=1S/C27H39NO3S/c1-5-28-24-19-22(4)15-16-23(24)25(20-26(28)29)31-17-13-11-9-7-6-8-10-12-14-18-32-27(30)21(2)3/h15-16,19-20H,2,5-14,17-18H2,1,3-4H3. The van der Waals surface area contributed by atoms with Gasteiger partial charge < -0.3 is 9.30 Å². The minimum absolute atomic E-state index is 0.00149. The van der Waals surface area contributed by atoms with Gasteiger partial charge in [0.25, 0.3) is 5.56 Å². The van der Waals surface area contributed by atoms with E-state index in [0.717, 1.165) is 41.5 Å². The summed E-state index contributed by atoms with van der Waals surface area (Å²) in [4.78, 5) is 23.9. The zero-order valence-corrected chi connectivity index (χ0v) is 20.9. The lowest BCUT2D eigenvalue weighted by Gasteiger charge is -2.13. The van der Waals surface area contributed by atoms with Crippen molar-refractivity contribution in [3.63, 3.8) is 0 Å². The summed E-state index contributed by atoms with van der Waals surface area (Å²) in [6, 6.07) is 7.82. The zero-order valence-electron chi connectivity index (χ0n) is 20.1. The summed E-state index contributed by atoms with van der Waals surface area (Å²) in [5.41, 5.74) is 2.75. The lowest BCUT2D eigenvalue weighted by Crippen LogP contribution is -2.19. The summed E-state index contributed by atoms with van der Waals surface area (Å²) < 4.78 is 7.81. The van der Waals surface area contributed by atoms with Crippen LogP contribution in [0.15, 0.2) is 41.2 Å². The predicted octanol–water partition coefficient (Wildman–Crippen LogP) is 7.06. The number of pyridine rings is 1. The van der Waals surface area contributed by atoms with E-state index in [1.165, 1.54) is 50.3 Å². The Hall–Kier alpha value is -2.01. The van der Waals surface area contributed by atoms with E-state index in [1.807, 2.05) is 13.8 Å². The van der Waals surface area contributed by atoms with Crippen LogP contribution in [-0.4, -0.2) is 22.0 Å². The summed E-state index contributed by atoms with van der Waals surface area (Å²) in [6.45, 7) is 10.8. The van der Waals surface area contributed by atoms with Crippen molar-refractivity contribution in [3.05, 3.63) is 52.3 Å². The molecular weight excluding hydrogens is 418 g/mol. The van der Waals surface area contributed by atoms with Crippen LogP contribution in [0.5, 0.6) is 5.75 Å². The normalized spacial score (nSPS) is 11.1. The largest absolute Gasteiger partial charge is 0.493 e. The molecule has 0 amide bonds. The maximum Gasteiger partial charge on any atom is 0.254 e. The van der Waals surface area contributed by atoms with Crippen LogP contribution in [0.4, 0.5) is 0 Å². The van der Waals surface area contributed by atoms with Gasteiger partial charge in [-0.15, -0.1) is 0 Å². The summed E-state index contributed by atoms with van der Waals surface area (Å²) >= 11 is 1.40. The fourth-order valence-electron chi connectivity index (χ4n) is 3.82. The van der Waals surface area contributed by atoms with Gasteiger partial charge in [-0.1, -0.05) is 69.4 Å². The minimum atomic E-state index is 0.00149. The van der Waals surface area contributed by atoms with Crippen molar-refractivity contribution in [2.75, 3.05) is 12.4 Å². The molecule has 0 spiro atoms. The third kappa shape index (κ3) is 8.50. The number of aromatic nitrogens is 1. The molecule has 0 N–H and O–H groups in total. The molecule has 0 aliphatic carbocycles. The molecule has 2 rings (SSSR count). The third-order valence-corrected chi connectivity index (χ3v) is 6.78. The molecule has 2 aromatic rings. The quantitative estimate of drug-likeness (QED) is 0.212. The van der Waals surface area contributed by atoms with Crippen LogP contribution in [0.3, 0.4) is 0 Å². The number of benzene rings is 1. The Morgan fingerprint density at radius 2 is 1.62 bits per heavy atom. The van der Waals surface area contributed by atoms with Crippen molar-refractivity contribution >= 4 is 27.8 Å². The van der Waals surface area contributed by atoms with Crippen molar-refractivity contribution in [1.82, 2.24) is 4.57 Å². The van der Waals surface area contributed by atoms with E-state index >= 15 is 0 Å². The van der Waals surface area contributed by atoms with E-state index in [-0.39, 0.29) is 10.7 Å². The third-order valence-electron chi connectivity index (χ3n) is 5.67. The first-order valence-electron chi connectivity index (χ1n) is 12.0. The second-order valence-electron chi connectivity index (χ2n) is 8.56. The number of rotatable bonds is 15. The van der Waals surface area contributed by atoms with Gasteiger partial charge in [0, 0.05) is 23.8 Å². The highest BCUT2D eigenvalue weighted by molar-refractivity contribution is 8.14. The Bertz CT molecular complexity index is 948. The van der Waals surface area contributed by atoms with E-state index in [1.54, 1.807) is 17.6 Å². The summed E-state index contributed by atoms with van der Waals surface area (Å²) in [5, 5.41) is 1.14. The van der Waals surface area contributed by atoms with Gasteiger partial charge in [-0.2, -0.15) is 0 Å². The molecule has 0 saturated heterocycles. The molecule has 0 aliphatic heterocycles. The highest BCUT2D eigenvalue weighted by atomic mass is 32.2. The summed E-state index contributed by atoms with van der Waals surface area (Å²) in [5.74, 6) is 1.62. The molecule has 0 unspecified atom stereocenters. The first-order chi connectivity index (χ1) is 15.4. The molecule has 4 nitrogen and oxygen atoms in total. The SMILES string of the molecule is C=C(C)C(=O)SCCCCCCCCCCCOc1cc(=O)n(CC)c2cc(C)ccc12. The monoisotopic (exact) mass is 457 g/mol. The fraction of sp³-hybridized carbons (Fsp3) is 0.556. The second-order valence-corrected chi connectivity index (χ2v) is 9.63. The Kier molecular flexibility index (Phi) is 11.6. The van der Waals surface area contributed by atoms with Crippen LogP contribution < -0.4 is 10.3 Å². The van der Waals surface area contributed by atoms with Crippen molar-refractivity contribution in [3.8, 4) is 5.75 Å². The van der Waals surface area contributed by atoms with E-state index < -0.39 is 0 Å². The van der Waals surface area contributed by atoms with Gasteiger partial charge in [-0.25, -0.2) is 0 Å². The molecule has 0 aliphatic rings. The highest BCUT2D eigenvalue weighted by Gasteiger charge is 2.09. The number of fused-ring (bicyclic) bond motifs is 1. The summed E-state index contributed by atoms with van der Waals surface area (Å²) in [6.07, 6.45) is 10.8. The van der Waals surface area contributed by atoms with Crippen LogP contribution in [-0.2, 0) is 11.3 Å². The topological polar surface area (TPSA) is 48.3 Å². The Labute approximate surface area is 197 Å². The lowest BCUT2D eigenvalue weighted by molar-refractivity contribution is -0.107. The number of aryl methyl sites for hydroxylation is 2. The maximum atomic E-state index is 12.4. The first-order valence-corrected chi connectivity index (χ1v) is 13.0. The van der Waals surface area contributed by atoms with Crippen molar-refractivity contribution in [2.24, 2.45) is 0 Å². The van der Waals surface area contributed by atoms with E-state index in [2.05, 4.69) is 24.8 Å². The van der Waals surface area contributed by atoms with Gasteiger partial charge in [0.15, 0.2) is 0 Å². The molecular formula is C27H39NO3S. The highest BCUT2D eigenvalue weighted by Crippen LogP contribution is 2.25. The number of unbranched alkanes of at least 4 members (excludes halogenated alkanes) is 8. The maximum absolute atomic E-state index is 12.4. The zero-order chi connectivity index (χ0) is 23.3. The minimum Gasteiger partial charge on any atom is -0.493 e. The van der Waals surface area contributed by atoms with Crippen molar-refractivity contribution in [2.45, 2.75) is 85.1 Å². The van der Waals surface area contributed by atoms with Gasteiger partial charge in [0.1, 0.15) is 5.75 Å².